The Hall–Kier alpha value is -0.250. The minimum Gasteiger partial charge on any atom is -0.383 e. The van der Waals surface area contributed by atoms with E-state index in [2.05, 4.69) is 53.8 Å². The van der Waals surface area contributed by atoms with Crippen molar-refractivity contribution in [2.75, 3.05) is 13.7 Å². The number of methoxy groups -OCH3 is 1. The maximum atomic E-state index is 5.72. The lowest BCUT2D eigenvalue weighted by atomic mass is 10.1. The fraction of sp³-hybridized carbons (Fsp3) is 0.364. The van der Waals surface area contributed by atoms with Crippen LogP contribution in [0, 0.1) is 0 Å². The predicted octanol–water partition coefficient (Wildman–Crippen LogP) is 2.67. The van der Waals surface area contributed by atoms with Crippen molar-refractivity contribution in [3.63, 3.8) is 0 Å². The zero-order valence-corrected chi connectivity index (χ0v) is 14.3. The van der Waals surface area contributed by atoms with Gasteiger partial charge in [0.05, 0.1) is 39.3 Å². The second-order valence-corrected chi connectivity index (χ2v) is 7.02. The maximum absolute atomic E-state index is 5.72. The van der Waals surface area contributed by atoms with Gasteiger partial charge in [0.2, 0.25) is 0 Å². The maximum Gasteiger partial charge on any atom is 0.0898 e. The van der Waals surface area contributed by atoms with Gasteiger partial charge in [0.25, 0.3) is 0 Å². The molecule has 0 radical (unpaired) electrons. The summed E-state index contributed by atoms with van der Waals surface area (Å²) in [6, 6.07) is 1.94. The first-order valence-corrected chi connectivity index (χ1v) is 8.04. The van der Waals surface area contributed by atoms with E-state index >= 15 is 0 Å². The molecule has 104 valence electrons. The number of nitrogens with one attached hydrogen (secondary N) is 1. The van der Waals surface area contributed by atoms with Crippen LogP contribution in [0.4, 0.5) is 0 Å². The average molecular weight is 410 g/mol. The Bertz CT molecular complexity index is 543. The lowest BCUT2D eigenvalue weighted by Crippen LogP contribution is -2.31. The molecule has 1 atom stereocenters. The molecule has 0 fully saturated rings. The lowest BCUT2D eigenvalue weighted by Gasteiger charge is -2.17. The van der Waals surface area contributed by atoms with Gasteiger partial charge in [-0.1, -0.05) is 0 Å². The van der Waals surface area contributed by atoms with Gasteiger partial charge in [-0.2, -0.15) is 5.10 Å². The summed E-state index contributed by atoms with van der Waals surface area (Å²) in [4.78, 5) is 0. The van der Waals surface area contributed by atoms with Crippen LogP contribution in [0.3, 0.4) is 0 Å². The molecule has 8 heteroatoms. The predicted molar refractivity (Wildman–Crippen MR) is 83.0 cm³/mol. The number of rotatable bonds is 6. The van der Waals surface area contributed by atoms with Crippen molar-refractivity contribution >= 4 is 43.2 Å². The average Bonchev–Trinajstić information content (AvgIpc) is 2.97. The molecule has 19 heavy (non-hydrogen) atoms. The third-order valence-electron chi connectivity index (χ3n) is 2.70. The summed E-state index contributed by atoms with van der Waals surface area (Å²) in [7, 11) is 1.67. The van der Waals surface area contributed by atoms with E-state index in [-0.39, 0.29) is 6.04 Å². The summed E-state index contributed by atoms with van der Waals surface area (Å²) < 4.78 is 8.99. The normalized spacial score (nSPS) is 12.8. The number of thiophene rings is 1. The van der Waals surface area contributed by atoms with E-state index < -0.39 is 0 Å². The van der Waals surface area contributed by atoms with Gasteiger partial charge in [0, 0.05) is 7.11 Å². The molecule has 0 bridgehead atoms. The minimum absolute atomic E-state index is 0.115. The number of halogens is 2. The molecule has 0 saturated heterocycles. The number of aromatic nitrogens is 2. The van der Waals surface area contributed by atoms with Gasteiger partial charge in [-0.15, -0.1) is 11.3 Å². The Kier molecular flexibility index (Phi) is 5.55. The van der Waals surface area contributed by atoms with E-state index in [1.54, 1.807) is 24.6 Å². The first-order chi connectivity index (χ1) is 9.17. The molecule has 2 aromatic rings. The Balaban J connectivity index is 2.34. The van der Waals surface area contributed by atoms with Crippen LogP contribution in [0.2, 0.25) is 0 Å². The second kappa shape index (κ2) is 6.96. The van der Waals surface area contributed by atoms with Crippen molar-refractivity contribution in [3.05, 3.63) is 37.2 Å². The molecule has 0 aliphatic carbocycles. The van der Waals surface area contributed by atoms with E-state index in [1.807, 2.05) is 4.68 Å². The van der Waals surface area contributed by atoms with Crippen LogP contribution in [0.5, 0.6) is 0 Å². The van der Waals surface area contributed by atoms with Crippen LogP contribution in [-0.4, -0.2) is 23.5 Å². The van der Waals surface area contributed by atoms with Crippen LogP contribution >= 0.6 is 43.2 Å². The monoisotopic (exact) mass is 408 g/mol. The molecule has 0 aliphatic heterocycles. The van der Waals surface area contributed by atoms with E-state index in [0.29, 0.717) is 13.2 Å². The zero-order chi connectivity index (χ0) is 13.8. The van der Waals surface area contributed by atoms with Crippen molar-refractivity contribution in [1.82, 2.24) is 15.2 Å². The van der Waals surface area contributed by atoms with Crippen molar-refractivity contribution in [1.29, 1.82) is 0 Å². The number of hydrogen-bond acceptors (Lipinski definition) is 5. The third kappa shape index (κ3) is 3.45. The SMILES string of the molecule is COCCn1ncc(Br)c1C(NN)c1csc(Br)c1. The number of nitrogens with two attached hydrogens (primary N) is 1. The van der Waals surface area contributed by atoms with Gasteiger partial charge >= 0.3 is 0 Å². The van der Waals surface area contributed by atoms with Crippen molar-refractivity contribution in [3.8, 4) is 0 Å². The van der Waals surface area contributed by atoms with Gasteiger partial charge in [-0.25, -0.2) is 5.43 Å². The third-order valence-corrected chi connectivity index (χ3v) is 4.84. The largest absolute Gasteiger partial charge is 0.383 e. The summed E-state index contributed by atoms with van der Waals surface area (Å²) in [6.07, 6.45) is 1.77. The Morgan fingerprint density at radius 3 is 2.95 bits per heavy atom. The smallest absolute Gasteiger partial charge is 0.0898 e. The Morgan fingerprint density at radius 1 is 1.58 bits per heavy atom. The molecule has 0 saturated carbocycles. The van der Waals surface area contributed by atoms with E-state index in [0.717, 1.165) is 19.5 Å². The first-order valence-electron chi connectivity index (χ1n) is 5.57. The molecule has 1 unspecified atom stereocenters. The molecule has 0 aromatic carbocycles. The highest BCUT2D eigenvalue weighted by molar-refractivity contribution is 9.11. The summed E-state index contributed by atoms with van der Waals surface area (Å²) in [5.41, 5.74) is 4.93. The summed E-state index contributed by atoms with van der Waals surface area (Å²) >= 11 is 8.62. The van der Waals surface area contributed by atoms with Crippen LogP contribution in [0.15, 0.2) is 25.9 Å². The summed E-state index contributed by atoms with van der Waals surface area (Å²) in [5.74, 6) is 5.72. The van der Waals surface area contributed by atoms with Crippen molar-refractivity contribution in [2.24, 2.45) is 5.84 Å². The minimum atomic E-state index is -0.115. The Morgan fingerprint density at radius 2 is 2.37 bits per heavy atom. The van der Waals surface area contributed by atoms with Gasteiger partial charge in [-0.3, -0.25) is 10.5 Å². The fourth-order valence-corrected chi connectivity index (χ4v) is 3.55. The molecule has 2 aromatic heterocycles. The lowest BCUT2D eigenvalue weighted by molar-refractivity contribution is 0.182. The number of hydrazine groups is 1. The Labute approximate surface area is 132 Å². The zero-order valence-electron chi connectivity index (χ0n) is 10.3. The number of nitrogens with zero attached hydrogens (tertiary/aromatic N) is 2. The molecule has 2 heterocycles. The standard InChI is InChI=1S/C11H14Br2N4OS/c1-18-3-2-17-11(8(12)5-15-17)10(16-14)7-4-9(13)19-6-7/h4-6,10,16H,2-3,14H2,1H3. The summed E-state index contributed by atoms with van der Waals surface area (Å²) in [5, 5.41) is 6.40. The summed E-state index contributed by atoms with van der Waals surface area (Å²) in [6.45, 7) is 1.28. The topological polar surface area (TPSA) is 65.1 Å². The highest BCUT2D eigenvalue weighted by Gasteiger charge is 2.21. The number of hydrogen-bond donors (Lipinski definition) is 2. The van der Waals surface area contributed by atoms with Gasteiger partial charge in [-0.05, 0) is 48.9 Å². The highest BCUT2D eigenvalue weighted by atomic mass is 79.9. The van der Waals surface area contributed by atoms with Crippen LogP contribution in [0.25, 0.3) is 0 Å². The molecule has 3 N–H and O–H groups in total. The highest BCUT2D eigenvalue weighted by Crippen LogP contribution is 2.32. The van der Waals surface area contributed by atoms with Crippen molar-refractivity contribution < 1.29 is 4.74 Å². The molecule has 5 nitrogen and oxygen atoms in total. The van der Waals surface area contributed by atoms with E-state index in [1.165, 1.54) is 0 Å². The molecular weight excluding hydrogens is 396 g/mol. The second-order valence-electron chi connectivity index (χ2n) is 3.88. The van der Waals surface area contributed by atoms with Gasteiger partial charge in [0.15, 0.2) is 0 Å². The molecule has 0 amide bonds. The van der Waals surface area contributed by atoms with Gasteiger partial charge in [0.1, 0.15) is 0 Å². The first kappa shape index (κ1) is 15.1. The molecule has 2 rings (SSSR count). The molecular formula is C11H14Br2N4OS. The van der Waals surface area contributed by atoms with Crippen LogP contribution in [-0.2, 0) is 11.3 Å². The molecule has 0 aliphatic rings. The quantitative estimate of drug-likeness (QED) is 0.568. The van der Waals surface area contributed by atoms with E-state index in [9.17, 15) is 0 Å². The fourth-order valence-electron chi connectivity index (χ4n) is 1.82. The van der Waals surface area contributed by atoms with Gasteiger partial charge < -0.3 is 4.74 Å². The van der Waals surface area contributed by atoms with E-state index in [4.69, 9.17) is 10.6 Å². The van der Waals surface area contributed by atoms with Crippen molar-refractivity contribution in [2.45, 2.75) is 12.6 Å². The molecule has 0 spiro atoms. The number of ether oxygens (including phenoxy) is 1. The van der Waals surface area contributed by atoms with Crippen LogP contribution < -0.4 is 11.3 Å². The van der Waals surface area contributed by atoms with Crippen LogP contribution in [0.1, 0.15) is 17.3 Å².